The number of phenols is 1. The highest BCUT2D eigenvalue weighted by Crippen LogP contribution is 2.60. The predicted octanol–water partition coefficient (Wildman–Crippen LogP) is 2.92. The summed E-state index contributed by atoms with van der Waals surface area (Å²) in [4.78, 5) is 29.1. The van der Waals surface area contributed by atoms with E-state index in [1.54, 1.807) is 17.0 Å². The Balaban J connectivity index is 1.59. The number of amides is 2. The van der Waals surface area contributed by atoms with Crippen LogP contribution in [-0.2, 0) is 4.79 Å². The summed E-state index contributed by atoms with van der Waals surface area (Å²) < 4.78 is 0. The van der Waals surface area contributed by atoms with Gasteiger partial charge in [0, 0.05) is 31.7 Å². The summed E-state index contributed by atoms with van der Waals surface area (Å²) in [6.45, 7) is 10.7. The largest absolute Gasteiger partial charge is 0.508 e. The first-order valence-corrected chi connectivity index (χ1v) is 9.24. The molecule has 1 aliphatic heterocycles. The van der Waals surface area contributed by atoms with Crippen molar-refractivity contribution < 1.29 is 14.7 Å². The van der Waals surface area contributed by atoms with Gasteiger partial charge in [-0.2, -0.15) is 0 Å². The second kappa shape index (κ2) is 6.78. The highest BCUT2D eigenvalue weighted by molar-refractivity contribution is 5.94. The van der Waals surface area contributed by atoms with Crippen LogP contribution < -0.4 is 0 Å². The van der Waals surface area contributed by atoms with Crippen molar-refractivity contribution >= 4 is 11.8 Å². The minimum atomic E-state index is -0.0498. The zero-order valence-corrected chi connectivity index (χ0v) is 16.0. The summed E-state index contributed by atoms with van der Waals surface area (Å²) >= 11 is 0. The number of aromatic hydroxyl groups is 1. The maximum atomic E-state index is 12.9. The number of phenolic OH excluding ortho intramolecular Hbond substituents is 1. The molecule has 0 radical (unpaired) electrons. The van der Waals surface area contributed by atoms with E-state index in [2.05, 4.69) is 33.8 Å². The minimum absolute atomic E-state index is 0.0212. The summed E-state index contributed by atoms with van der Waals surface area (Å²) in [5.41, 5.74) is 1.84. The van der Waals surface area contributed by atoms with Gasteiger partial charge >= 0.3 is 0 Å². The molecule has 1 aromatic carbocycles. The van der Waals surface area contributed by atoms with Crippen molar-refractivity contribution in [1.82, 2.24) is 9.80 Å². The quantitative estimate of drug-likeness (QED) is 0.847. The van der Waals surface area contributed by atoms with Gasteiger partial charge in [-0.1, -0.05) is 25.5 Å². The van der Waals surface area contributed by atoms with Crippen molar-refractivity contribution in [2.45, 2.75) is 27.7 Å². The Morgan fingerprint density at radius 3 is 2.12 bits per heavy atom. The Labute approximate surface area is 155 Å². The summed E-state index contributed by atoms with van der Waals surface area (Å²) in [6.07, 6.45) is 2.22. The van der Waals surface area contributed by atoms with E-state index in [1.807, 2.05) is 4.90 Å². The van der Waals surface area contributed by atoms with Gasteiger partial charge in [0.2, 0.25) is 5.91 Å². The lowest BCUT2D eigenvalue weighted by molar-refractivity contribution is -0.135. The molecule has 0 aromatic heterocycles. The molecule has 5 heteroatoms. The first-order valence-electron chi connectivity index (χ1n) is 9.24. The molecule has 1 aromatic rings. The predicted molar refractivity (Wildman–Crippen MR) is 101 cm³/mol. The third-order valence-electron chi connectivity index (χ3n) is 5.68. The Morgan fingerprint density at radius 1 is 1.04 bits per heavy atom. The molecule has 26 heavy (non-hydrogen) atoms. The summed E-state index contributed by atoms with van der Waals surface area (Å²) in [7, 11) is 0. The fourth-order valence-corrected chi connectivity index (χ4v) is 3.93. The summed E-state index contributed by atoms with van der Waals surface area (Å²) in [5, 5.41) is 9.35. The number of benzene rings is 1. The van der Waals surface area contributed by atoms with E-state index in [4.69, 9.17) is 0 Å². The molecule has 1 saturated heterocycles. The van der Waals surface area contributed by atoms with Crippen LogP contribution in [-0.4, -0.2) is 52.9 Å². The van der Waals surface area contributed by atoms with Crippen molar-refractivity contribution in [2.24, 2.45) is 17.3 Å². The minimum Gasteiger partial charge on any atom is -0.508 e. The zero-order valence-electron chi connectivity index (χ0n) is 16.0. The first kappa shape index (κ1) is 18.5. The summed E-state index contributed by atoms with van der Waals surface area (Å²) in [5.74, 6) is 0.684. The van der Waals surface area contributed by atoms with Crippen LogP contribution >= 0.6 is 0 Å². The lowest BCUT2D eigenvalue weighted by Crippen LogP contribution is -2.51. The van der Waals surface area contributed by atoms with Gasteiger partial charge < -0.3 is 14.9 Å². The molecular formula is C21H28N2O3. The molecule has 0 bridgehead atoms. The van der Waals surface area contributed by atoms with Crippen molar-refractivity contribution in [3.05, 3.63) is 41.5 Å². The molecule has 1 saturated carbocycles. The van der Waals surface area contributed by atoms with E-state index in [9.17, 15) is 14.7 Å². The number of rotatable bonds is 3. The second-order valence-corrected chi connectivity index (χ2v) is 8.23. The number of hydrogen-bond donors (Lipinski definition) is 1. The van der Waals surface area contributed by atoms with Crippen LogP contribution in [0.3, 0.4) is 0 Å². The van der Waals surface area contributed by atoms with Crippen molar-refractivity contribution in [3.8, 4) is 5.75 Å². The monoisotopic (exact) mass is 356 g/mol. The van der Waals surface area contributed by atoms with Crippen LogP contribution in [0.5, 0.6) is 5.75 Å². The lowest BCUT2D eigenvalue weighted by atomic mass is 10.1. The fourth-order valence-electron chi connectivity index (χ4n) is 3.93. The van der Waals surface area contributed by atoms with Crippen LogP contribution in [0.1, 0.15) is 38.1 Å². The fraction of sp³-hybridized carbons (Fsp3) is 0.524. The molecule has 2 aliphatic rings. The third kappa shape index (κ3) is 3.48. The molecule has 0 unspecified atom stereocenters. The van der Waals surface area contributed by atoms with Crippen LogP contribution in [0.25, 0.3) is 0 Å². The van der Waals surface area contributed by atoms with E-state index < -0.39 is 0 Å². The Kier molecular flexibility index (Phi) is 4.82. The van der Waals surface area contributed by atoms with Crippen molar-refractivity contribution in [2.75, 3.05) is 26.2 Å². The van der Waals surface area contributed by atoms with Gasteiger partial charge in [0.15, 0.2) is 0 Å². The molecule has 140 valence electrons. The van der Waals surface area contributed by atoms with Crippen LogP contribution in [0.15, 0.2) is 35.9 Å². The van der Waals surface area contributed by atoms with Gasteiger partial charge in [-0.15, -0.1) is 0 Å². The Bertz CT molecular complexity index is 724. The molecule has 0 spiro atoms. The van der Waals surface area contributed by atoms with Crippen LogP contribution in [0.4, 0.5) is 0 Å². The smallest absolute Gasteiger partial charge is 0.253 e. The van der Waals surface area contributed by atoms with Crippen LogP contribution in [0.2, 0.25) is 0 Å². The van der Waals surface area contributed by atoms with Gasteiger partial charge in [-0.05, 0) is 49.4 Å². The van der Waals surface area contributed by atoms with E-state index in [0.717, 1.165) is 0 Å². The molecule has 1 aliphatic carbocycles. The number of hydrogen-bond acceptors (Lipinski definition) is 3. The van der Waals surface area contributed by atoms with E-state index in [0.29, 0.717) is 37.7 Å². The lowest BCUT2D eigenvalue weighted by Gasteiger charge is -2.35. The average molecular weight is 356 g/mol. The van der Waals surface area contributed by atoms with E-state index >= 15 is 0 Å². The molecule has 2 atom stereocenters. The number of allylic oxidation sites excluding steroid dienone is 2. The van der Waals surface area contributed by atoms with E-state index in [1.165, 1.54) is 17.7 Å². The number of carbonyl (C=O) groups is 2. The first-order chi connectivity index (χ1) is 12.2. The molecule has 2 fully saturated rings. The van der Waals surface area contributed by atoms with E-state index in [-0.39, 0.29) is 28.9 Å². The van der Waals surface area contributed by atoms with Crippen molar-refractivity contribution in [3.63, 3.8) is 0 Å². The molecule has 3 rings (SSSR count). The standard InChI is InChI=1S/C21H28N2O3/c1-14(2)13-17-18(21(17,3)4)20(26)23-11-9-22(10-12-23)19(25)15-5-7-16(24)8-6-15/h5-8,13,17-18,24H,9-12H2,1-4H3/t17-,18-/m1/s1. The summed E-state index contributed by atoms with van der Waals surface area (Å²) in [6, 6.07) is 6.30. The number of nitrogens with zero attached hydrogens (tertiary/aromatic N) is 2. The molecule has 1 N–H and O–H groups in total. The zero-order chi connectivity index (χ0) is 19.1. The van der Waals surface area contributed by atoms with Gasteiger partial charge in [-0.25, -0.2) is 0 Å². The SMILES string of the molecule is CC(C)=C[C@@H]1[C@H](C(=O)N2CCN(C(=O)c3ccc(O)cc3)CC2)C1(C)C. The maximum Gasteiger partial charge on any atom is 0.253 e. The average Bonchev–Trinajstić information content (AvgIpc) is 3.13. The second-order valence-electron chi connectivity index (χ2n) is 8.23. The molecule has 1 heterocycles. The highest BCUT2D eigenvalue weighted by Gasteiger charge is 2.61. The molecule has 2 amide bonds. The van der Waals surface area contributed by atoms with Crippen LogP contribution in [0, 0.1) is 17.3 Å². The van der Waals surface area contributed by atoms with Crippen molar-refractivity contribution in [1.29, 1.82) is 0 Å². The molecular weight excluding hydrogens is 328 g/mol. The maximum absolute atomic E-state index is 12.9. The Hall–Kier alpha value is -2.30. The highest BCUT2D eigenvalue weighted by atomic mass is 16.3. The van der Waals surface area contributed by atoms with Gasteiger partial charge in [0.05, 0.1) is 5.92 Å². The Morgan fingerprint density at radius 2 is 1.58 bits per heavy atom. The van der Waals surface area contributed by atoms with Gasteiger partial charge in [0.1, 0.15) is 5.75 Å². The van der Waals surface area contributed by atoms with Gasteiger partial charge in [0.25, 0.3) is 5.91 Å². The topological polar surface area (TPSA) is 60.9 Å². The number of piperazine rings is 1. The third-order valence-corrected chi connectivity index (χ3v) is 5.68. The molecule has 5 nitrogen and oxygen atoms in total. The normalized spacial score (nSPS) is 24.2. The van der Waals surface area contributed by atoms with Gasteiger partial charge in [-0.3, -0.25) is 9.59 Å². The number of carbonyl (C=O) groups excluding carboxylic acids is 2.